The molecule has 0 aliphatic heterocycles. The van der Waals surface area contributed by atoms with Crippen LogP contribution in [0.5, 0.6) is 0 Å². The molecule has 0 unspecified atom stereocenters. The van der Waals surface area contributed by atoms with Crippen LogP contribution in [-0.4, -0.2) is 15.6 Å². The third kappa shape index (κ3) is 3.11. The molecule has 26 heavy (non-hydrogen) atoms. The average molecular weight is 386 g/mol. The standard InChI is InChI=1S/C20H17Cl2N3O/c1-12-5-8-14(11-16(12)22)23-20-19-17(3-2-4-18(19)26)25(24-20)15-9-6-13(21)7-10-15/h5-11H,2-4H2,1H3,(H,23,24). The lowest BCUT2D eigenvalue weighted by Crippen LogP contribution is -2.13. The minimum atomic E-state index is 0.118. The highest BCUT2D eigenvalue weighted by atomic mass is 35.5. The van der Waals surface area contributed by atoms with Crippen molar-refractivity contribution in [3.05, 3.63) is 69.3 Å². The van der Waals surface area contributed by atoms with Crippen LogP contribution in [-0.2, 0) is 6.42 Å². The third-order valence-electron chi connectivity index (χ3n) is 4.58. The van der Waals surface area contributed by atoms with Crippen LogP contribution in [0.4, 0.5) is 11.5 Å². The van der Waals surface area contributed by atoms with Gasteiger partial charge in [-0.1, -0.05) is 29.3 Å². The maximum atomic E-state index is 12.6. The number of halogens is 2. The van der Waals surface area contributed by atoms with Gasteiger partial charge < -0.3 is 5.32 Å². The fourth-order valence-corrected chi connectivity index (χ4v) is 3.52. The molecule has 1 heterocycles. The van der Waals surface area contributed by atoms with Crippen LogP contribution in [0.25, 0.3) is 5.69 Å². The van der Waals surface area contributed by atoms with Gasteiger partial charge in [0.2, 0.25) is 0 Å². The predicted octanol–water partition coefficient (Wildman–Crippen LogP) is 5.75. The molecule has 4 rings (SSSR count). The van der Waals surface area contributed by atoms with Gasteiger partial charge in [0.25, 0.3) is 0 Å². The van der Waals surface area contributed by atoms with E-state index >= 15 is 0 Å². The summed E-state index contributed by atoms with van der Waals surface area (Å²) in [5.41, 5.74) is 4.30. The Morgan fingerprint density at radius 2 is 1.85 bits per heavy atom. The maximum absolute atomic E-state index is 12.6. The van der Waals surface area contributed by atoms with E-state index in [-0.39, 0.29) is 5.78 Å². The van der Waals surface area contributed by atoms with Crippen LogP contribution >= 0.6 is 23.2 Å². The summed E-state index contributed by atoms with van der Waals surface area (Å²) in [6.45, 7) is 1.95. The van der Waals surface area contributed by atoms with Crippen molar-refractivity contribution in [3.63, 3.8) is 0 Å². The lowest BCUT2D eigenvalue weighted by atomic mass is 9.95. The molecular formula is C20H17Cl2N3O. The number of carbonyl (C=O) groups excluding carboxylic acids is 1. The fraction of sp³-hybridized carbons (Fsp3) is 0.200. The van der Waals surface area contributed by atoms with Crippen molar-refractivity contribution in [2.24, 2.45) is 0 Å². The van der Waals surface area contributed by atoms with Gasteiger partial charge in [-0.3, -0.25) is 4.79 Å². The van der Waals surface area contributed by atoms with Gasteiger partial charge in [0.15, 0.2) is 11.6 Å². The summed E-state index contributed by atoms with van der Waals surface area (Å²) in [6, 6.07) is 13.2. The summed E-state index contributed by atoms with van der Waals surface area (Å²) >= 11 is 12.2. The third-order valence-corrected chi connectivity index (χ3v) is 5.24. The van der Waals surface area contributed by atoms with E-state index in [1.165, 1.54) is 0 Å². The molecule has 1 aliphatic rings. The number of aryl methyl sites for hydroxylation is 1. The molecule has 132 valence electrons. The smallest absolute Gasteiger partial charge is 0.168 e. The lowest BCUT2D eigenvalue weighted by Gasteiger charge is -2.13. The highest BCUT2D eigenvalue weighted by Gasteiger charge is 2.27. The molecular weight excluding hydrogens is 369 g/mol. The van der Waals surface area contributed by atoms with Gasteiger partial charge in [-0.25, -0.2) is 4.68 Å². The van der Waals surface area contributed by atoms with Crippen molar-refractivity contribution in [1.82, 2.24) is 9.78 Å². The van der Waals surface area contributed by atoms with E-state index in [4.69, 9.17) is 23.2 Å². The first-order valence-electron chi connectivity index (χ1n) is 8.47. The number of nitrogens with zero attached hydrogens (tertiary/aromatic N) is 2. The van der Waals surface area contributed by atoms with Crippen molar-refractivity contribution in [3.8, 4) is 5.69 Å². The number of Topliss-reactive ketones (excluding diaryl/α,β-unsaturated/α-hetero) is 1. The topological polar surface area (TPSA) is 46.9 Å². The summed E-state index contributed by atoms with van der Waals surface area (Å²) in [7, 11) is 0. The number of ketones is 1. The van der Waals surface area contributed by atoms with Crippen molar-refractivity contribution in [2.45, 2.75) is 26.2 Å². The van der Waals surface area contributed by atoms with Gasteiger partial charge >= 0.3 is 0 Å². The van der Waals surface area contributed by atoms with E-state index in [0.29, 0.717) is 27.8 Å². The normalized spacial score (nSPS) is 13.6. The minimum absolute atomic E-state index is 0.118. The van der Waals surface area contributed by atoms with E-state index in [0.717, 1.165) is 35.5 Å². The zero-order valence-corrected chi connectivity index (χ0v) is 15.7. The molecule has 0 bridgehead atoms. The number of nitrogens with one attached hydrogen (secondary N) is 1. The molecule has 1 aliphatic carbocycles. The van der Waals surface area contributed by atoms with Gasteiger partial charge in [-0.2, -0.15) is 0 Å². The molecule has 3 aromatic rings. The number of anilines is 2. The highest BCUT2D eigenvalue weighted by molar-refractivity contribution is 6.31. The molecule has 0 saturated carbocycles. The molecule has 0 saturated heterocycles. The molecule has 0 spiro atoms. The Morgan fingerprint density at radius 3 is 2.58 bits per heavy atom. The summed E-state index contributed by atoms with van der Waals surface area (Å²) in [6.07, 6.45) is 2.19. The number of fused-ring (bicyclic) bond motifs is 1. The van der Waals surface area contributed by atoms with Crippen LogP contribution in [0, 0.1) is 6.92 Å². The first kappa shape index (κ1) is 17.1. The average Bonchev–Trinajstić information content (AvgIpc) is 2.99. The maximum Gasteiger partial charge on any atom is 0.168 e. The predicted molar refractivity (Wildman–Crippen MR) is 105 cm³/mol. The molecule has 0 fully saturated rings. The molecule has 6 heteroatoms. The van der Waals surface area contributed by atoms with Crippen molar-refractivity contribution < 1.29 is 4.79 Å². The Hall–Kier alpha value is -2.30. The monoisotopic (exact) mass is 385 g/mol. The van der Waals surface area contributed by atoms with Crippen molar-refractivity contribution in [1.29, 1.82) is 0 Å². The quantitative estimate of drug-likeness (QED) is 0.624. The summed E-state index contributed by atoms with van der Waals surface area (Å²) in [5, 5.41) is 9.30. The van der Waals surface area contributed by atoms with Gasteiger partial charge in [-0.05, 0) is 61.7 Å². The number of hydrogen-bond acceptors (Lipinski definition) is 3. The van der Waals surface area contributed by atoms with E-state index in [1.807, 2.05) is 54.1 Å². The van der Waals surface area contributed by atoms with E-state index in [9.17, 15) is 4.79 Å². The molecule has 2 aromatic carbocycles. The minimum Gasteiger partial charge on any atom is -0.338 e. The van der Waals surface area contributed by atoms with E-state index in [1.54, 1.807) is 0 Å². The van der Waals surface area contributed by atoms with Crippen molar-refractivity contribution >= 4 is 40.5 Å². The molecule has 1 aromatic heterocycles. The Bertz CT molecular complexity index is 993. The Kier molecular flexibility index (Phi) is 4.47. The van der Waals surface area contributed by atoms with Gasteiger partial charge in [0, 0.05) is 22.2 Å². The summed E-state index contributed by atoms with van der Waals surface area (Å²) in [5.74, 6) is 0.687. The SMILES string of the molecule is Cc1ccc(Nc2nn(-c3ccc(Cl)cc3)c3c2C(=O)CCC3)cc1Cl. The zero-order valence-electron chi connectivity index (χ0n) is 14.2. The number of aromatic nitrogens is 2. The Labute approximate surface area is 161 Å². The molecule has 0 atom stereocenters. The summed E-state index contributed by atoms with van der Waals surface area (Å²) < 4.78 is 1.83. The first-order valence-corrected chi connectivity index (χ1v) is 9.23. The van der Waals surface area contributed by atoms with Crippen LogP contribution in [0.3, 0.4) is 0 Å². The molecule has 4 nitrogen and oxygen atoms in total. The fourth-order valence-electron chi connectivity index (χ4n) is 3.21. The van der Waals surface area contributed by atoms with Gasteiger partial charge in [0.1, 0.15) is 0 Å². The number of hydrogen-bond donors (Lipinski definition) is 1. The Morgan fingerprint density at radius 1 is 1.08 bits per heavy atom. The molecule has 1 N–H and O–H groups in total. The second kappa shape index (κ2) is 6.78. The molecule has 0 radical (unpaired) electrons. The van der Waals surface area contributed by atoms with Crippen LogP contribution < -0.4 is 5.32 Å². The van der Waals surface area contributed by atoms with E-state index in [2.05, 4.69) is 10.4 Å². The van der Waals surface area contributed by atoms with Crippen LogP contribution in [0.1, 0.15) is 34.5 Å². The lowest BCUT2D eigenvalue weighted by molar-refractivity contribution is 0.0973. The van der Waals surface area contributed by atoms with E-state index < -0.39 is 0 Å². The summed E-state index contributed by atoms with van der Waals surface area (Å²) in [4.78, 5) is 12.6. The number of benzene rings is 2. The van der Waals surface area contributed by atoms with Gasteiger partial charge in [0.05, 0.1) is 16.9 Å². The van der Waals surface area contributed by atoms with Crippen LogP contribution in [0.2, 0.25) is 10.0 Å². The number of rotatable bonds is 3. The number of carbonyl (C=O) groups is 1. The first-order chi connectivity index (χ1) is 12.5. The Balaban J connectivity index is 1.80. The molecule has 0 amide bonds. The highest BCUT2D eigenvalue weighted by Crippen LogP contribution is 2.32. The largest absolute Gasteiger partial charge is 0.338 e. The second-order valence-corrected chi connectivity index (χ2v) is 7.27. The van der Waals surface area contributed by atoms with Crippen molar-refractivity contribution in [2.75, 3.05) is 5.32 Å². The van der Waals surface area contributed by atoms with Crippen LogP contribution in [0.15, 0.2) is 42.5 Å². The van der Waals surface area contributed by atoms with Gasteiger partial charge in [-0.15, -0.1) is 5.10 Å². The second-order valence-electron chi connectivity index (χ2n) is 6.42. The zero-order chi connectivity index (χ0) is 18.3.